The van der Waals surface area contributed by atoms with Crippen molar-refractivity contribution in [2.45, 2.75) is 45.9 Å². The predicted octanol–water partition coefficient (Wildman–Crippen LogP) is 2.88. The van der Waals surface area contributed by atoms with Crippen LogP contribution in [-0.2, 0) is 14.3 Å². The van der Waals surface area contributed by atoms with Crippen LogP contribution in [0.15, 0.2) is 30.3 Å². The zero-order valence-corrected chi connectivity index (χ0v) is 17.1. The van der Waals surface area contributed by atoms with Crippen LogP contribution >= 0.6 is 0 Å². The second-order valence-electron chi connectivity index (χ2n) is 7.10. The summed E-state index contributed by atoms with van der Waals surface area (Å²) in [4.78, 5) is 25.8. The van der Waals surface area contributed by atoms with Crippen LogP contribution in [0.3, 0.4) is 0 Å². The number of amides is 2. The molecule has 0 spiro atoms. The molecule has 2 N–H and O–H groups in total. The minimum Gasteiger partial charge on any atom is -0.463 e. The van der Waals surface area contributed by atoms with Crippen molar-refractivity contribution in [2.75, 3.05) is 31.6 Å². The molecule has 1 aromatic carbocycles. The highest BCUT2D eigenvalue weighted by Gasteiger charge is 2.25. The van der Waals surface area contributed by atoms with Gasteiger partial charge in [0.15, 0.2) is 0 Å². The average Bonchev–Trinajstić information content (AvgIpc) is 2.65. The van der Waals surface area contributed by atoms with Gasteiger partial charge in [0.25, 0.3) is 0 Å². The lowest BCUT2D eigenvalue weighted by atomic mass is 10.2. The number of morpholine rings is 1. The Hall–Kier alpha value is -2.38. The molecule has 1 heterocycles. The number of nitrogens with zero attached hydrogens (tertiary/aromatic N) is 1. The molecular weight excluding hydrogens is 358 g/mol. The Morgan fingerprint density at radius 1 is 1.25 bits per heavy atom. The molecule has 2 rings (SSSR count). The number of hydrogen-bond donors (Lipinski definition) is 2. The summed E-state index contributed by atoms with van der Waals surface area (Å²) in [5.74, 6) is -0.373. The van der Waals surface area contributed by atoms with E-state index in [2.05, 4.69) is 36.3 Å². The number of ether oxygens (including phenoxy) is 2. The average molecular weight is 389 g/mol. The molecule has 0 aliphatic carbocycles. The van der Waals surface area contributed by atoms with Gasteiger partial charge < -0.3 is 20.1 Å². The van der Waals surface area contributed by atoms with E-state index in [-0.39, 0.29) is 30.3 Å². The number of benzene rings is 1. The maximum Gasteiger partial charge on any atom is 0.330 e. The van der Waals surface area contributed by atoms with Gasteiger partial charge in [-0.05, 0) is 51.5 Å². The van der Waals surface area contributed by atoms with E-state index >= 15 is 0 Å². The molecule has 1 aromatic rings. The summed E-state index contributed by atoms with van der Waals surface area (Å²) in [5, 5.41) is 5.74. The van der Waals surface area contributed by atoms with Crippen molar-refractivity contribution in [1.82, 2.24) is 10.2 Å². The van der Waals surface area contributed by atoms with Crippen molar-refractivity contribution in [1.29, 1.82) is 0 Å². The monoisotopic (exact) mass is 389 g/mol. The fraction of sp³-hybridized carbons (Fsp3) is 0.524. The van der Waals surface area contributed by atoms with Gasteiger partial charge >= 0.3 is 12.0 Å². The van der Waals surface area contributed by atoms with E-state index in [9.17, 15) is 9.59 Å². The molecular formula is C21H31N3O4. The molecule has 2 amide bonds. The first kappa shape index (κ1) is 21.9. The molecule has 0 unspecified atom stereocenters. The number of esters is 1. The van der Waals surface area contributed by atoms with Gasteiger partial charge in [-0.2, -0.15) is 0 Å². The van der Waals surface area contributed by atoms with Crippen LogP contribution in [0.4, 0.5) is 10.5 Å². The molecule has 0 radical (unpaired) electrons. The minimum atomic E-state index is -0.373. The zero-order valence-electron chi connectivity index (χ0n) is 17.1. The smallest absolute Gasteiger partial charge is 0.330 e. The van der Waals surface area contributed by atoms with Crippen LogP contribution in [0.2, 0.25) is 0 Å². The number of urea groups is 1. The van der Waals surface area contributed by atoms with Gasteiger partial charge in [0.05, 0.1) is 18.8 Å². The summed E-state index contributed by atoms with van der Waals surface area (Å²) in [6.45, 7) is 10.7. The third kappa shape index (κ3) is 7.32. The second-order valence-corrected chi connectivity index (χ2v) is 7.10. The predicted molar refractivity (Wildman–Crippen MR) is 110 cm³/mol. The van der Waals surface area contributed by atoms with E-state index in [0.717, 1.165) is 18.7 Å². The standard InChI is InChI=1S/C21H31N3O4/c1-5-27-20(25)11-8-18-6-9-19(10-7-18)23-21(26)22-12-15(2)24-13-16(3)28-17(4)14-24/h6-11,15-17H,5,12-14H2,1-4H3,(H2,22,23,26)/b11-8-/t15-,16-,17-/m0/s1. The summed E-state index contributed by atoms with van der Waals surface area (Å²) in [7, 11) is 0. The lowest BCUT2D eigenvalue weighted by Crippen LogP contribution is -2.52. The molecule has 1 saturated heterocycles. The zero-order chi connectivity index (χ0) is 20.5. The first-order valence-electron chi connectivity index (χ1n) is 9.76. The van der Waals surface area contributed by atoms with Crippen LogP contribution in [0.5, 0.6) is 0 Å². The fourth-order valence-electron chi connectivity index (χ4n) is 3.15. The lowest BCUT2D eigenvalue weighted by Gasteiger charge is -2.38. The van der Waals surface area contributed by atoms with Crippen molar-refractivity contribution in [3.05, 3.63) is 35.9 Å². The molecule has 0 aromatic heterocycles. The summed E-state index contributed by atoms with van der Waals surface area (Å²) >= 11 is 0. The van der Waals surface area contributed by atoms with Gasteiger partial charge in [0, 0.05) is 37.4 Å². The van der Waals surface area contributed by atoms with Gasteiger partial charge in [-0.25, -0.2) is 9.59 Å². The Morgan fingerprint density at radius 2 is 1.89 bits per heavy atom. The Bertz CT molecular complexity index is 665. The fourth-order valence-corrected chi connectivity index (χ4v) is 3.15. The van der Waals surface area contributed by atoms with Crippen LogP contribution in [0, 0.1) is 0 Å². The number of rotatable bonds is 7. The van der Waals surface area contributed by atoms with Crippen molar-refractivity contribution in [3.63, 3.8) is 0 Å². The van der Waals surface area contributed by atoms with E-state index in [1.54, 1.807) is 25.1 Å². The number of carbonyl (C=O) groups is 2. The molecule has 1 aliphatic heterocycles. The van der Waals surface area contributed by atoms with Crippen LogP contribution < -0.4 is 10.6 Å². The van der Waals surface area contributed by atoms with Crippen molar-refractivity contribution in [3.8, 4) is 0 Å². The molecule has 154 valence electrons. The molecule has 28 heavy (non-hydrogen) atoms. The van der Waals surface area contributed by atoms with E-state index in [1.807, 2.05) is 12.1 Å². The summed E-state index contributed by atoms with van der Waals surface area (Å²) < 4.78 is 10.6. The lowest BCUT2D eigenvalue weighted by molar-refractivity contribution is -0.137. The Balaban J connectivity index is 1.77. The Labute approximate surface area is 167 Å². The number of carbonyl (C=O) groups excluding carboxylic acids is 2. The van der Waals surface area contributed by atoms with Crippen LogP contribution in [0.1, 0.15) is 33.3 Å². The summed E-state index contributed by atoms with van der Waals surface area (Å²) in [6.07, 6.45) is 3.47. The third-order valence-corrected chi connectivity index (χ3v) is 4.50. The van der Waals surface area contributed by atoms with E-state index in [4.69, 9.17) is 9.47 Å². The molecule has 1 aliphatic rings. The maximum absolute atomic E-state index is 12.2. The van der Waals surface area contributed by atoms with Gasteiger partial charge in [0.1, 0.15) is 0 Å². The Kier molecular flexibility index (Phi) is 8.47. The number of anilines is 1. The van der Waals surface area contributed by atoms with Crippen molar-refractivity contribution < 1.29 is 19.1 Å². The van der Waals surface area contributed by atoms with Gasteiger partial charge in [-0.1, -0.05) is 12.1 Å². The highest BCUT2D eigenvalue weighted by Crippen LogP contribution is 2.14. The van der Waals surface area contributed by atoms with Crippen LogP contribution in [-0.4, -0.2) is 61.4 Å². The van der Waals surface area contributed by atoms with E-state index < -0.39 is 0 Å². The molecule has 7 nitrogen and oxygen atoms in total. The third-order valence-electron chi connectivity index (χ3n) is 4.50. The first-order chi connectivity index (χ1) is 13.4. The summed E-state index contributed by atoms with van der Waals surface area (Å²) in [6, 6.07) is 7.22. The molecule has 1 fully saturated rings. The quantitative estimate of drug-likeness (QED) is 0.554. The largest absolute Gasteiger partial charge is 0.463 e. The molecule has 7 heteroatoms. The molecule has 3 atom stereocenters. The minimum absolute atomic E-state index is 0.205. The normalized spacial score (nSPS) is 21.3. The van der Waals surface area contributed by atoms with E-state index in [1.165, 1.54) is 6.08 Å². The van der Waals surface area contributed by atoms with Gasteiger partial charge in [0.2, 0.25) is 0 Å². The van der Waals surface area contributed by atoms with Crippen LogP contribution in [0.25, 0.3) is 6.08 Å². The van der Waals surface area contributed by atoms with E-state index in [0.29, 0.717) is 18.8 Å². The first-order valence-corrected chi connectivity index (χ1v) is 9.76. The summed E-state index contributed by atoms with van der Waals surface area (Å²) in [5.41, 5.74) is 1.54. The highest BCUT2D eigenvalue weighted by atomic mass is 16.5. The maximum atomic E-state index is 12.2. The SMILES string of the molecule is CCOC(=O)/C=C\c1ccc(NC(=O)NC[C@H](C)N2C[C@H](C)O[C@@H](C)C2)cc1. The second kappa shape index (κ2) is 10.8. The van der Waals surface area contributed by atoms with Crippen molar-refractivity contribution >= 4 is 23.8 Å². The topological polar surface area (TPSA) is 79.9 Å². The highest BCUT2D eigenvalue weighted by molar-refractivity contribution is 5.90. The van der Waals surface area contributed by atoms with Gasteiger partial charge in [-0.3, -0.25) is 4.90 Å². The number of hydrogen-bond acceptors (Lipinski definition) is 5. The van der Waals surface area contributed by atoms with Crippen molar-refractivity contribution in [2.24, 2.45) is 0 Å². The Morgan fingerprint density at radius 3 is 2.50 bits per heavy atom. The van der Waals surface area contributed by atoms with Gasteiger partial charge in [-0.15, -0.1) is 0 Å². The number of nitrogens with one attached hydrogen (secondary N) is 2. The molecule has 0 bridgehead atoms. The molecule has 0 saturated carbocycles.